The Balaban J connectivity index is 1.56. The van der Waals surface area contributed by atoms with Crippen LogP contribution in [0.3, 0.4) is 0 Å². The van der Waals surface area contributed by atoms with Gasteiger partial charge in [-0.1, -0.05) is 6.92 Å². The van der Waals surface area contributed by atoms with Gasteiger partial charge in [-0.3, -0.25) is 9.59 Å². The van der Waals surface area contributed by atoms with Crippen molar-refractivity contribution in [2.75, 3.05) is 6.61 Å². The highest BCUT2D eigenvalue weighted by Crippen LogP contribution is 2.42. The molecule has 2 aliphatic rings. The number of aliphatic carboxylic acids is 1. The van der Waals surface area contributed by atoms with E-state index >= 15 is 0 Å². The molecule has 0 aromatic carbocycles. The summed E-state index contributed by atoms with van der Waals surface area (Å²) in [4.78, 5) is 21.8. The zero-order chi connectivity index (χ0) is 13.8. The van der Waals surface area contributed by atoms with Crippen LogP contribution in [0.2, 0.25) is 0 Å². The topological polar surface area (TPSA) is 76.1 Å². The average Bonchev–Trinajstić information content (AvgIpc) is 3.09. The lowest BCUT2D eigenvalue weighted by Crippen LogP contribution is -2.27. The summed E-state index contributed by atoms with van der Waals surface area (Å²) in [7, 11) is 0. The van der Waals surface area contributed by atoms with Crippen molar-refractivity contribution in [3.05, 3.63) is 0 Å². The molecule has 0 aromatic heterocycles. The fourth-order valence-corrected chi connectivity index (χ4v) is 2.73. The summed E-state index contributed by atoms with van der Waals surface area (Å²) in [5, 5.41) is 8.48. The second-order valence-electron chi connectivity index (χ2n) is 5.71. The van der Waals surface area contributed by atoms with E-state index in [2.05, 4.69) is 6.92 Å². The molecule has 1 saturated heterocycles. The third-order valence-corrected chi connectivity index (χ3v) is 4.11. The van der Waals surface area contributed by atoms with Crippen molar-refractivity contribution in [3.63, 3.8) is 0 Å². The second-order valence-corrected chi connectivity index (χ2v) is 5.71. The van der Waals surface area contributed by atoms with Gasteiger partial charge in [-0.15, -0.1) is 0 Å². The molecule has 1 aliphatic heterocycles. The van der Waals surface area contributed by atoms with Gasteiger partial charge in [0.25, 0.3) is 0 Å². The van der Waals surface area contributed by atoms with Gasteiger partial charge >= 0.3 is 11.9 Å². The van der Waals surface area contributed by atoms with Gasteiger partial charge in [0.1, 0.15) is 0 Å². The molecule has 4 atom stereocenters. The van der Waals surface area contributed by atoms with Crippen LogP contribution in [0.25, 0.3) is 0 Å². The molecule has 4 unspecified atom stereocenters. The molecule has 1 heterocycles. The molecule has 2 rings (SSSR count). The van der Waals surface area contributed by atoms with Crippen molar-refractivity contribution in [2.45, 2.75) is 57.7 Å². The van der Waals surface area contributed by atoms with E-state index < -0.39 is 5.97 Å². The first-order valence-electron chi connectivity index (χ1n) is 7.09. The molecule has 1 saturated carbocycles. The Morgan fingerprint density at radius 1 is 1.21 bits per heavy atom. The first-order valence-corrected chi connectivity index (χ1v) is 7.09. The predicted octanol–water partition coefficient (Wildman–Crippen LogP) is 1.99. The van der Waals surface area contributed by atoms with Gasteiger partial charge < -0.3 is 14.6 Å². The van der Waals surface area contributed by atoms with E-state index in [0.717, 1.165) is 12.8 Å². The van der Waals surface area contributed by atoms with E-state index in [-0.39, 0.29) is 12.4 Å². The number of ether oxygens (including phenoxy) is 2. The van der Waals surface area contributed by atoms with Crippen LogP contribution in [0.15, 0.2) is 0 Å². The summed E-state index contributed by atoms with van der Waals surface area (Å²) in [6.45, 7) is 2.66. The van der Waals surface area contributed by atoms with Gasteiger partial charge in [0.2, 0.25) is 0 Å². The Hall–Kier alpha value is -1.10. The summed E-state index contributed by atoms with van der Waals surface area (Å²) in [6, 6.07) is 0. The lowest BCUT2D eigenvalue weighted by atomic mass is 9.81. The minimum absolute atomic E-state index is 0.118. The summed E-state index contributed by atoms with van der Waals surface area (Å²) >= 11 is 0. The van der Waals surface area contributed by atoms with E-state index in [1.807, 2.05) is 0 Å². The van der Waals surface area contributed by atoms with Gasteiger partial charge in [0.15, 0.2) is 0 Å². The molecule has 1 N–H and O–H groups in total. The molecular formula is C14H22O5. The largest absolute Gasteiger partial charge is 0.481 e. The van der Waals surface area contributed by atoms with Gasteiger partial charge in [-0.25, -0.2) is 0 Å². The van der Waals surface area contributed by atoms with Crippen molar-refractivity contribution >= 4 is 11.9 Å². The first kappa shape index (κ1) is 14.3. The number of carboxylic acid groups (broad SMARTS) is 1. The van der Waals surface area contributed by atoms with E-state index in [9.17, 15) is 9.59 Å². The molecule has 19 heavy (non-hydrogen) atoms. The smallest absolute Gasteiger partial charge is 0.305 e. The summed E-state index contributed by atoms with van der Waals surface area (Å²) in [5.41, 5.74) is 0. The van der Waals surface area contributed by atoms with Crippen LogP contribution in [0.5, 0.6) is 0 Å². The van der Waals surface area contributed by atoms with Gasteiger partial charge in [0.05, 0.1) is 18.8 Å². The number of hydrogen-bond acceptors (Lipinski definition) is 4. The third-order valence-electron chi connectivity index (χ3n) is 4.11. The van der Waals surface area contributed by atoms with E-state index in [1.54, 1.807) is 0 Å². The highest BCUT2D eigenvalue weighted by Gasteiger charge is 2.47. The van der Waals surface area contributed by atoms with Crippen molar-refractivity contribution in [1.29, 1.82) is 0 Å². The number of rotatable bonds is 7. The molecule has 5 heteroatoms. The van der Waals surface area contributed by atoms with E-state index in [1.165, 1.54) is 0 Å². The predicted molar refractivity (Wildman–Crippen MR) is 67.6 cm³/mol. The molecule has 2 fully saturated rings. The maximum atomic E-state index is 11.5. The summed E-state index contributed by atoms with van der Waals surface area (Å²) < 4.78 is 10.8. The highest BCUT2D eigenvalue weighted by atomic mass is 16.6. The molecule has 0 spiro atoms. The second kappa shape index (κ2) is 6.37. The number of epoxide rings is 1. The standard InChI is InChI=1S/C14H22O5/c1-9-6-11-12(19-11)7-10(9)8-18-14(17)5-3-2-4-13(15)16/h9-12H,2-8H2,1H3,(H,15,16). The lowest BCUT2D eigenvalue weighted by molar-refractivity contribution is -0.146. The quantitative estimate of drug-likeness (QED) is 0.435. The normalized spacial score (nSPS) is 32.5. The molecule has 0 radical (unpaired) electrons. The maximum Gasteiger partial charge on any atom is 0.305 e. The maximum absolute atomic E-state index is 11.5. The Morgan fingerprint density at radius 2 is 1.89 bits per heavy atom. The van der Waals surface area contributed by atoms with Crippen LogP contribution in [0.1, 0.15) is 45.4 Å². The molecule has 0 bridgehead atoms. The number of unbranched alkanes of at least 4 members (excludes halogenated alkanes) is 1. The van der Waals surface area contributed by atoms with Gasteiger partial charge in [-0.2, -0.15) is 0 Å². The molecule has 0 amide bonds. The fourth-order valence-electron chi connectivity index (χ4n) is 2.73. The number of carboxylic acids is 1. The first-order chi connectivity index (χ1) is 9.06. The number of fused-ring (bicyclic) bond motifs is 1. The number of carbonyl (C=O) groups is 2. The Bertz CT molecular complexity index is 341. The monoisotopic (exact) mass is 270 g/mol. The number of hydrogen-bond donors (Lipinski definition) is 1. The Kier molecular flexibility index (Phi) is 4.80. The van der Waals surface area contributed by atoms with Crippen LogP contribution in [-0.2, 0) is 19.1 Å². The molecule has 0 aromatic rings. The van der Waals surface area contributed by atoms with Crippen LogP contribution in [0.4, 0.5) is 0 Å². The molecular weight excluding hydrogens is 248 g/mol. The minimum atomic E-state index is -0.816. The van der Waals surface area contributed by atoms with Crippen LogP contribution >= 0.6 is 0 Å². The number of carbonyl (C=O) groups excluding carboxylic acids is 1. The van der Waals surface area contributed by atoms with Crippen LogP contribution in [-0.4, -0.2) is 35.9 Å². The van der Waals surface area contributed by atoms with Crippen molar-refractivity contribution < 1.29 is 24.2 Å². The minimum Gasteiger partial charge on any atom is -0.481 e. The molecule has 5 nitrogen and oxygen atoms in total. The Labute approximate surface area is 113 Å². The van der Waals surface area contributed by atoms with Crippen molar-refractivity contribution in [3.8, 4) is 0 Å². The van der Waals surface area contributed by atoms with E-state index in [4.69, 9.17) is 14.6 Å². The lowest BCUT2D eigenvalue weighted by Gasteiger charge is -2.25. The van der Waals surface area contributed by atoms with Crippen LogP contribution < -0.4 is 0 Å². The van der Waals surface area contributed by atoms with Gasteiger partial charge in [-0.05, 0) is 37.5 Å². The SMILES string of the molecule is CC1CC2OC2CC1COC(=O)CCCCC(=O)O. The van der Waals surface area contributed by atoms with Crippen molar-refractivity contribution in [1.82, 2.24) is 0 Å². The molecule has 1 aliphatic carbocycles. The summed E-state index contributed by atoms with van der Waals surface area (Å²) in [5.74, 6) is -0.0740. The van der Waals surface area contributed by atoms with Crippen LogP contribution in [0, 0.1) is 11.8 Å². The molecule has 108 valence electrons. The summed E-state index contributed by atoms with van der Waals surface area (Å²) in [6.07, 6.45) is 4.48. The van der Waals surface area contributed by atoms with Gasteiger partial charge in [0, 0.05) is 12.8 Å². The zero-order valence-electron chi connectivity index (χ0n) is 11.3. The van der Waals surface area contributed by atoms with E-state index in [0.29, 0.717) is 49.9 Å². The number of esters is 1. The fraction of sp³-hybridized carbons (Fsp3) is 0.857. The van der Waals surface area contributed by atoms with Crippen molar-refractivity contribution in [2.24, 2.45) is 11.8 Å². The Morgan fingerprint density at radius 3 is 2.63 bits per heavy atom. The highest BCUT2D eigenvalue weighted by molar-refractivity contribution is 5.69. The third kappa shape index (κ3) is 4.49. The zero-order valence-corrected chi connectivity index (χ0v) is 11.3. The average molecular weight is 270 g/mol.